The summed E-state index contributed by atoms with van der Waals surface area (Å²) in [7, 11) is 1.51. The van der Waals surface area contributed by atoms with E-state index in [1.165, 1.54) is 13.2 Å². The topological polar surface area (TPSA) is 84.9 Å². The van der Waals surface area contributed by atoms with Crippen LogP contribution in [0.4, 0.5) is 10.5 Å². The van der Waals surface area contributed by atoms with E-state index in [-0.39, 0.29) is 5.57 Å². The molecule has 9 heteroatoms. The Kier molecular flexibility index (Phi) is 7.00. The second-order valence-corrected chi connectivity index (χ2v) is 8.55. The van der Waals surface area contributed by atoms with Crippen molar-refractivity contribution in [2.24, 2.45) is 0 Å². The second-order valence-electron chi connectivity index (χ2n) is 7.26. The molecule has 3 aromatic rings. The van der Waals surface area contributed by atoms with Crippen LogP contribution in [0.15, 0.2) is 76.8 Å². The molecule has 1 fully saturated rings. The van der Waals surface area contributed by atoms with E-state index in [1.54, 1.807) is 54.6 Å². The molecular weight excluding hydrogens is 524 g/mol. The van der Waals surface area contributed by atoms with Crippen LogP contribution < -0.4 is 19.7 Å². The fourth-order valence-corrected chi connectivity index (χ4v) is 3.89. The van der Waals surface area contributed by atoms with Crippen molar-refractivity contribution < 1.29 is 23.9 Å². The Morgan fingerprint density at radius 3 is 2.35 bits per heavy atom. The fourth-order valence-electron chi connectivity index (χ4n) is 3.26. The number of nitrogens with one attached hydrogen (secondary N) is 1. The zero-order valence-corrected chi connectivity index (χ0v) is 20.2. The Bertz CT molecular complexity index is 1290. The van der Waals surface area contributed by atoms with Crippen molar-refractivity contribution in [2.75, 3.05) is 12.0 Å². The number of imide groups is 2. The Labute approximate surface area is 209 Å². The molecule has 0 unspecified atom stereocenters. The van der Waals surface area contributed by atoms with Gasteiger partial charge in [-0.3, -0.25) is 14.9 Å². The number of ether oxygens (including phenoxy) is 2. The van der Waals surface area contributed by atoms with Crippen molar-refractivity contribution >= 4 is 57.1 Å². The summed E-state index contributed by atoms with van der Waals surface area (Å²) in [5, 5.41) is 2.86. The van der Waals surface area contributed by atoms with E-state index in [0.29, 0.717) is 38.9 Å². The number of urea groups is 1. The summed E-state index contributed by atoms with van der Waals surface area (Å²) in [5.74, 6) is -0.327. The monoisotopic (exact) mass is 540 g/mol. The average molecular weight is 542 g/mol. The van der Waals surface area contributed by atoms with Gasteiger partial charge < -0.3 is 9.47 Å². The normalized spacial score (nSPS) is 14.9. The van der Waals surface area contributed by atoms with Crippen LogP contribution in [0.3, 0.4) is 0 Å². The van der Waals surface area contributed by atoms with Crippen LogP contribution in [-0.4, -0.2) is 25.0 Å². The Morgan fingerprint density at radius 1 is 1.00 bits per heavy atom. The highest BCUT2D eigenvalue weighted by atomic mass is 79.9. The third-order valence-corrected chi connectivity index (χ3v) is 5.88. The first kappa shape index (κ1) is 23.5. The van der Waals surface area contributed by atoms with Crippen molar-refractivity contribution in [3.05, 3.63) is 92.9 Å². The van der Waals surface area contributed by atoms with Crippen LogP contribution in [0.5, 0.6) is 11.5 Å². The van der Waals surface area contributed by atoms with Gasteiger partial charge >= 0.3 is 6.03 Å². The van der Waals surface area contributed by atoms with Crippen molar-refractivity contribution in [1.29, 1.82) is 0 Å². The van der Waals surface area contributed by atoms with E-state index < -0.39 is 17.8 Å². The molecule has 0 aromatic heterocycles. The van der Waals surface area contributed by atoms with Crippen LogP contribution >= 0.6 is 27.5 Å². The number of barbiturate groups is 1. The molecule has 1 aliphatic rings. The maximum atomic E-state index is 13.0. The van der Waals surface area contributed by atoms with Gasteiger partial charge in [0.2, 0.25) is 0 Å². The molecule has 7 nitrogen and oxygen atoms in total. The molecule has 3 aromatic carbocycles. The van der Waals surface area contributed by atoms with Crippen molar-refractivity contribution in [2.45, 2.75) is 6.61 Å². The summed E-state index contributed by atoms with van der Waals surface area (Å²) in [4.78, 5) is 38.7. The number of carbonyl (C=O) groups is 3. The lowest BCUT2D eigenvalue weighted by atomic mass is 10.1. The molecular formula is C25H18BrClN2O5. The van der Waals surface area contributed by atoms with Crippen LogP contribution in [0.2, 0.25) is 5.02 Å². The highest BCUT2D eigenvalue weighted by Gasteiger charge is 2.36. The van der Waals surface area contributed by atoms with Gasteiger partial charge in [0, 0.05) is 5.02 Å². The third kappa shape index (κ3) is 5.13. The standard InChI is InChI=1S/C25H18BrClN2O5/c1-33-19-9-7-18(8-10-19)29-24(31)20(23(30)28-25(29)32)12-16-4-11-22(21(26)13-16)34-14-15-2-5-17(27)6-3-15/h2-13H,14H2,1H3,(H,28,30,32)/b20-12+. The summed E-state index contributed by atoms with van der Waals surface area (Å²) in [5.41, 5.74) is 1.68. The van der Waals surface area contributed by atoms with E-state index in [2.05, 4.69) is 21.2 Å². The van der Waals surface area contributed by atoms with Crippen molar-refractivity contribution in [1.82, 2.24) is 5.32 Å². The molecule has 4 amide bonds. The van der Waals surface area contributed by atoms with Gasteiger partial charge in [0.25, 0.3) is 11.8 Å². The van der Waals surface area contributed by atoms with Crippen molar-refractivity contribution in [3.63, 3.8) is 0 Å². The second kappa shape index (κ2) is 10.1. The predicted molar refractivity (Wildman–Crippen MR) is 132 cm³/mol. The van der Waals surface area contributed by atoms with Gasteiger partial charge in [-0.15, -0.1) is 0 Å². The van der Waals surface area contributed by atoms with Gasteiger partial charge in [-0.2, -0.15) is 0 Å². The molecule has 172 valence electrons. The van der Waals surface area contributed by atoms with E-state index in [9.17, 15) is 14.4 Å². The van der Waals surface area contributed by atoms with Gasteiger partial charge in [-0.1, -0.05) is 29.8 Å². The summed E-state index contributed by atoms with van der Waals surface area (Å²) >= 11 is 9.37. The minimum atomic E-state index is -0.815. The molecule has 0 spiro atoms. The van der Waals surface area contributed by atoms with Gasteiger partial charge in [0.05, 0.1) is 17.3 Å². The Morgan fingerprint density at radius 2 is 1.71 bits per heavy atom. The predicted octanol–water partition coefficient (Wildman–Crippen LogP) is 5.36. The van der Waals surface area contributed by atoms with Gasteiger partial charge in [-0.05, 0) is 81.7 Å². The molecule has 1 aliphatic heterocycles. The lowest BCUT2D eigenvalue weighted by molar-refractivity contribution is -0.122. The zero-order chi connectivity index (χ0) is 24.2. The summed E-state index contributed by atoms with van der Waals surface area (Å²) in [6.07, 6.45) is 1.42. The van der Waals surface area contributed by atoms with Crippen LogP contribution in [0, 0.1) is 0 Å². The van der Waals surface area contributed by atoms with E-state index >= 15 is 0 Å². The lowest BCUT2D eigenvalue weighted by Gasteiger charge is -2.26. The number of hydrogen-bond acceptors (Lipinski definition) is 5. The Hall–Kier alpha value is -3.62. The maximum absolute atomic E-state index is 13.0. The molecule has 4 rings (SSSR count). The van der Waals surface area contributed by atoms with Crippen LogP contribution in [0.1, 0.15) is 11.1 Å². The molecule has 0 saturated carbocycles. The molecule has 34 heavy (non-hydrogen) atoms. The van der Waals surface area contributed by atoms with Gasteiger partial charge in [0.1, 0.15) is 23.7 Å². The number of nitrogens with zero attached hydrogens (tertiary/aromatic N) is 1. The number of methoxy groups -OCH3 is 1. The summed E-state index contributed by atoms with van der Waals surface area (Å²) in [6.45, 7) is 0.343. The number of rotatable bonds is 6. The maximum Gasteiger partial charge on any atom is 0.335 e. The highest BCUT2D eigenvalue weighted by molar-refractivity contribution is 9.10. The minimum absolute atomic E-state index is 0.169. The number of hydrogen-bond donors (Lipinski definition) is 1. The molecule has 0 radical (unpaired) electrons. The molecule has 0 bridgehead atoms. The third-order valence-electron chi connectivity index (χ3n) is 5.01. The van der Waals surface area contributed by atoms with Crippen LogP contribution in [0.25, 0.3) is 6.08 Å². The molecule has 0 aliphatic carbocycles. The van der Waals surface area contributed by atoms with Gasteiger partial charge in [-0.25, -0.2) is 9.69 Å². The SMILES string of the molecule is COc1ccc(N2C(=O)NC(=O)/C(=C\c3ccc(OCc4ccc(Cl)cc4)c(Br)c3)C2=O)cc1. The molecule has 0 atom stereocenters. The summed E-state index contributed by atoms with van der Waals surface area (Å²) < 4.78 is 11.6. The smallest absolute Gasteiger partial charge is 0.335 e. The quantitative estimate of drug-likeness (QED) is 0.336. The number of anilines is 1. The molecule has 1 heterocycles. The molecule has 1 saturated heterocycles. The number of halogens is 2. The van der Waals surface area contributed by atoms with E-state index in [4.69, 9.17) is 21.1 Å². The van der Waals surface area contributed by atoms with Crippen LogP contribution in [-0.2, 0) is 16.2 Å². The largest absolute Gasteiger partial charge is 0.497 e. The first-order valence-corrected chi connectivity index (χ1v) is 11.2. The number of benzene rings is 3. The van der Waals surface area contributed by atoms with E-state index in [0.717, 1.165) is 10.5 Å². The first-order valence-electron chi connectivity index (χ1n) is 10.1. The number of carbonyl (C=O) groups excluding carboxylic acids is 3. The van der Waals surface area contributed by atoms with Crippen molar-refractivity contribution in [3.8, 4) is 11.5 Å². The minimum Gasteiger partial charge on any atom is -0.497 e. The number of amides is 4. The lowest BCUT2D eigenvalue weighted by Crippen LogP contribution is -2.54. The first-order chi connectivity index (χ1) is 16.4. The zero-order valence-electron chi connectivity index (χ0n) is 17.9. The Balaban J connectivity index is 1.54. The molecule has 1 N–H and O–H groups in total. The summed E-state index contributed by atoms with van der Waals surface area (Å²) in [6, 6.07) is 18.0. The van der Waals surface area contributed by atoms with Gasteiger partial charge in [0.15, 0.2) is 0 Å². The van der Waals surface area contributed by atoms with E-state index in [1.807, 2.05) is 12.1 Å². The highest BCUT2D eigenvalue weighted by Crippen LogP contribution is 2.29. The average Bonchev–Trinajstić information content (AvgIpc) is 2.82. The fraction of sp³-hybridized carbons (Fsp3) is 0.0800.